The zero-order valence-corrected chi connectivity index (χ0v) is 16.1. The van der Waals surface area contributed by atoms with Crippen LogP contribution < -0.4 is 0 Å². The molecule has 0 saturated heterocycles. The highest BCUT2D eigenvalue weighted by Crippen LogP contribution is 2.28. The lowest BCUT2D eigenvalue weighted by Crippen LogP contribution is -2.04. The van der Waals surface area contributed by atoms with Gasteiger partial charge in [-0.25, -0.2) is 4.68 Å². The molecule has 0 unspecified atom stereocenters. The summed E-state index contributed by atoms with van der Waals surface area (Å²) in [5, 5.41) is 35.4. The van der Waals surface area contributed by atoms with Crippen LogP contribution in [0, 0.1) is 32.8 Å². The Balaban J connectivity index is 1.94. The van der Waals surface area contributed by atoms with E-state index in [1.807, 2.05) is 42.5 Å². The number of nitriles is 2. The minimum absolute atomic E-state index is 0.0885. The van der Waals surface area contributed by atoms with E-state index in [1.165, 1.54) is 24.3 Å². The topological polar surface area (TPSA) is 113 Å². The van der Waals surface area contributed by atoms with Gasteiger partial charge >= 0.3 is 0 Å². The zero-order valence-electron chi connectivity index (χ0n) is 16.1. The molecule has 4 rings (SSSR count). The highest BCUT2D eigenvalue weighted by molar-refractivity contribution is 5.91. The van der Waals surface area contributed by atoms with Crippen LogP contribution >= 0.6 is 0 Å². The van der Waals surface area contributed by atoms with Crippen LogP contribution in [0.25, 0.3) is 23.2 Å². The lowest BCUT2D eigenvalue weighted by molar-refractivity contribution is -0.384. The normalized spacial score (nSPS) is 11.0. The molecule has 0 bridgehead atoms. The Labute approximate surface area is 177 Å². The average Bonchev–Trinajstić information content (AvgIpc) is 3.45. The van der Waals surface area contributed by atoms with Crippen molar-refractivity contribution in [3.63, 3.8) is 0 Å². The monoisotopic (exact) mass is 406 g/mol. The molecule has 2 aromatic heterocycles. The molecule has 0 saturated carbocycles. The van der Waals surface area contributed by atoms with Gasteiger partial charge in [0.1, 0.15) is 23.4 Å². The number of hydrogen-bond acceptors (Lipinski definition) is 5. The summed E-state index contributed by atoms with van der Waals surface area (Å²) in [5.41, 5.74) is 1.64. The predicted octanol–water partition coefficient (Wildman–Crippen LogP) is 4.51. The van der Waals surface area contributed by atoms with Gasteiger partial charge in [-0.05, 0) is 35.9 Å². The van der Waals surface area contributed by atoms with E-state index < -0.39 is 4.92 Å². The lowest BCUT2D eigenvalue weighted by atomic mass is 10.1. The van der Waals surface area contributed by atoms with Crippen molar-refractivity contribution in [2.24, 2.45) is 0 Å². The Hall–Kier alpha value is -4.95. The van der Waals surface area contributed by atoms with Crippen molar-refractivity contribution in [2.75, 3.05) is 0 Å². The summed E-state index contributed by atoms with van der Waals surface area (Å²) in [6, 6.07) is 23.1. The number of nitro benzene ring substituents is 1. The van der Waals surface area contributed by atoms with Gasteiger partial charge in [-0.1, -0.05) is 30.3 Å². The summed E-state index contributed by atoms with van der Waals surface area (Å²) in [5.74, 6) is 0.494. The summed E-state index contributed by atoms with van der Waals surface area (Å²) < 4.78 is 3.36. The largest absolute Gasteiger partial charge is 0.307 e. The lowest BCUT2D eigenvalue weighted by Gasteiger charge is -2.08. The highest BCUT2D eigenvalue weighted by atomic mass is 16.6. The van der Waals surface area contributed by atoms with E-state index in [1.54, 1.807) is 27.7 Å². The first kappa shape index (κ1) is 19.4. The second kappa shape index (κ2) is 8.19. The third-order valence-corrected chi connectivity index (χ3v) is 4.59. The van der Waals surface area contributed by atoms with E-state index in [0.29, 0.717) is 11.4 Å². The maximum Gasteiger partial charge on any atom is 0.270 e. The molecule has 148 valence electrons. The Kier molecular flexibility index (Phi) is 5.12. The molecule has 0 fully saturated rings. The molecule has 0 spiro atoms. The molecule has 8 nitrogen and oxygen atoms in total. The van der Waals surface area contributed by atoms with E-state index >= 15 is 0 Å². The van der Waals surface area contributed by atoms with Gasteiger partial charge in [0.05, 0.1) is 16.2 Å². The number of aromatic nitrogens is 3. The summed E-state index contributed by atoms with van der Waals surface area (Å²) >= 11 is 0. The van der Waals surface area contributed by atoms with Crippen LogP contribution in [0.15, 0.2) is 79.1 Å². The third-order valence-electron chi connectivity index (χ3n) is 4.59. The predicted molar refractivity (Wildman–Crippen MR) is 114 cm³/mol. The van der Waals surface area contributed by atoms with E-state index in [0.717, 1.165) is 5.69 Å². The number of hydrogen-bond donors (Lipinski definition) is 0. The fraction of sp³-hybridized carbons (Fsp3) is 0. The minimum Gasteiger partial charge on any atom is -0.307 e. The Morgan fingerprint density at radius 1 is 1.03 bits per heavy atom. The van der Waals surface area contributed by atoms with Gasteiger partial charge < -0.3 is 4.57 Å². The number of benzene rings is 2. The maximum atomic E-state index is 11.1. The summed E-state index contributed by atoms with van der Waals surface area (Å²) in [6.45, 7) is 0. The quantitative estimate of drug-likeness (QED) is 0.275. The zero-order chi connectivity index (χ0) is 21.8. The maximum absolute atomic E-state index is 11.1. The van der Waals surface area contributed by atoms with Gasteiger partial charge in [0.15, 0.2) is 5.82 Å². The number of nitrogens with zero attached hydrogens (tertiary/aromatic N) is 6. The van der Waals surface area contributed by atoms with Crippen LogP contribution in [0.5, 0.6) is 0 Å². The Morgan fingerprint density at radius 2 is 1.77 bits per heavy atom. The van der Waals surface area contributed by atoms with Gasteiger partial charge in [0.25, 0.3) is 5.69 Å². The van der Waals surface area contributed by atoms with Gasteiger partial charge in [0, 0.05) is 24.5 Å². The van der Waals surface area contributed by atoms with Gasteiger partial charge in [0.2, 0.25) is 0 Å². The van der Waals surface area contributed by atoms with Crippen molar-refractivity contribution in [1.82, 2.24) is 14.3 Å². The van der Waals surface area contributed by atoms with Crippen molar-refractivity contribution in [2.45, 2.75) is 0 Å². The minimum atomic E-state index is -0.502. The smallest absolute Gasteiger partial charge is 0.270 e. The SMILES string of the molecule is N#CC(=Cc1cccc([N+](=O)[O-])c1)c1nn(-c2ccccc2)c(-n2cccc2)c1C#N. The molecule has 0 amide bonds. The molecule has 0 aliphatic carbocycles. The van der Waals surface area contributed by atoms with Crippen LogP contribution in [-0.4, -0.2) is 19.3 Å². The van der Waals surface area contributed by atoms with Crippen molar-refractivity contribution in [1.29, 1.82) is 10.5 Å². The van der Waals surface area contributed by atoms with E-state index in [4.69, 9.17) is 0 Å². The Bertz CT molecular complexity index is 1370. The van der Waals surface area contributed by atoms with E-state index in [-0.39, 0.29) is 22.5 Å². The second-order valence-corrected chi connectivity index (χ2v) is 6.52. The first-order valence-corrected chi connectivity index (χ1v) is 9.21. The van der Waals surface area contributed by atoms with E-state index in [2.05, 4.69) is 17.2 Å². The molecule has 0 atom stereocenters. The molecule has 8 heteroatoms. The van der Waals surface area contributed by atoms with Crippen molar-refractivity contribution < 1.29 is 4.92 Å². The van der Waals surface area contributed by atoms with E-state index in [9.17, 15) is 20.6 Å². The van der Waals surface area contributed by atoms with Crippen molar-refractivity contribution in [3.8, 4) is 23.6 Å². The Morgan fingerprint density at radius 3 is 2.42 bits per heavy atom. The molecule has 0 aliphatic heterocycles. The number of rotatable bonds is 5. The molecule has 2 heterocycles. The fourth-order valence-corrected chi connectivity index (χ4v) is 3.21. The molecule has 0 N–H and O–H groups in total. The van der Waals surface area contributed by atoms with Crippen LogP contribution in [0.2, 0.25) is 0 Å². The first-order chi connectivity index (χ1) is 15.1. The number of para-hydroxylation sites is 1. The highest BCUT2D eigenvalue weighted by Gasteiger charge is 2.23. The van der Waals surface area contributed by atoms with Gasteiger partial charge in [-0.2, -0.15) is 15.6 Å². The first-order valence-electron chi connectivity index (χ1n) is 9.21. The summed E-state index contributed by atoms with van der Waals surface area (Å²) in [7, 11) is 0. The molecular formula is C23H14N6O2. The number of nitro groups is 1. The third kappa shape index (κ3) is 3.69. The van der Waals surface area contributed by atoms with Crippen LogP contribution in [0.3, 0.4) is 0 Å². The van der Waals surface area contributed by atoms with Crippen molar-refractivity contribution >= 4 is 17.3 Å². The molecular weight excluding hydrogens is 392 g/mol. The summed E-state index contributed by atoms with van der Waals surface area (Å²) in [6.07, 6.45) is 5.07. The fourth-order valence-electron chi connectivity index (χ4n) is 3.21. The average molecular weight is 406 g/mol. The molecule has 4 aromatic rings. The molecule has 0 radical (unpaired) electrons. The molecule has 0 aliphatic rings. The van der Waals surface area contributed by atoms with Crippen LogP contribution in [0.4, 0.5) is 5.69 Å². The van der Waals surface area contributed by atoms with Crippen molar-refractivity contribution in [3.05, 3.63) is 106 Å². The number of allylic oxidation sites excluding steroid dienone is 1. The van der Waals surface area contributed by atoms with Crippen LogP contribution in [-0.2, 0) is 0 Å². The van der Waals surface area contributed by atoms with Crippen LogP contribution in [0.1, 0.15) is 16.8 Å². The number of non-ortho nitro benzene ring substituents is 1. The molecule has 2 aromatic carbocycles. The van der Waals surface area contributed by atoms with Gasteiger partial charge in [-0.15, -0.1) is 0 Å². The standard InChI is InChI=1S/C23H14N6O2/c24-15-18(13-17-7-6-10-20(14-17)29(30)31)22-21(16-25)23(27-11-4-5-12-27)28(26-22)19-8-2-1-3-9-19/h1-14H. The summed E-state index contributed by atoms with van der Waals surface area (Å²) in [4.78, 5) is 10.6. The van der Waals surface area contributed by atoms with Gasteiger partial charge in [-0.3, -0.25) is 10.1 Å². The molecule has 31 heavy (non-hydrogen) atoms. The second-order valence-electron chi connectivity index (χ2n) is 6.52.